The zero-order valence-corrected chi connectivity index (χ0v) is 15.4. The van der Waals surface area contributed by atoms with Crippen molar-refractivity contribution in [3.05, 3.63) is 72.8 Å². The van der Waals surface area contributed by atoms with E-state index < -0.39 is 0 Å². The Morgan fingerprint density at radius 2 is 1.73 bits per heavy atom. The van der Waals surface area contributed by atoms with Gasteiger partial charge in [-0.05, 0) is 42.0 Å². The Kier molecular flexibility index (Phi) is 5.93. The van der Waals surface area contributed by atoms with Crippen LogP contribution in [0.4, 0.5) is 5.69 Å². The van der Waals surface area contributed by atoms with Crippen LogP contribution in [0, 0.1) is 11.3 Å². The van der Waals surface area contributed by atoms with Gasteiger partial charge in [0.05, 0.1) is 17.7 Å². The number of amides is 1. The van der Waals surface area contributed by atoms with E-state index in [9.17, 15) is 4.79 Å². The van der Waals surface area contributed by atoms with E-state index in [0.717, 1.165) is 10.6 Å². The summed E-state index contributed by atoms with van der Waals surface area (Å²) in [5, 5.41) is 11.0. The molecule has 3 aromatic rings. The molecule has 3 nitrogen and oxygen atoms in total. The van der Waals surface area contributed by atoms with E-state index in [1.807, 2.05) is 49.4 Å². The van der Waals surface area contributed by atoms with Gasteiger partial charge in [-0.3, -0.25) is 4.79 Å². The summed E-state index contributed by atoms with van der Waals surface area (Å²) in [6.45, 7) is 2.33. The fourth-order valence-electron chi connectivity index (χ4n) is 2.85. The summed E-state index contributed by atoms with van der Waals surface area (Å²) in [6, 6.07) is 26.1. The predicted octanol–water partition coefficient (Wildman–Crippen LogP) is 5.27. The fourth-order valence-corrected chi connectivity index (χ4v) is 3.83. The van der Waals surface area contributed by atoms with Gasteiger partial charge in [-0.2, -0.15) is 5.26 Å². The maximum absolute atomic E-state index is 13.0. The van der Waals surface area contributed by atoms with Crippen LogP contribution in [0.1, 0.15) is 13.3 Å². The summed E-state index contributed by atoms with van der Waals surface area (Å²) < 4.78 is 0. The molecule has 0 aromatic heterocycles. The Morgan fingerprint density at radius 1 is 1.04 bits per heavy atom. The lowest BCUT2D eigenvalue weighted by molar-refractivity contribution is -0.117. The molecular formula is C22H20N2OS. The molecular weight excluding hydrogens is 340 g/mol. The van der Waals surface area contributed by atoms with Crippen LogP contribution < -0.4 is 4.90 Å². The Bertz CT molecular complexity index is 934. The van der Waals surface area contributed by atoms with Gasteiger partial charge in [0, 0.05) is 17.1 Å². The van der Waals surface area contributed by atoms with Gasteiger partial charge >= 0.3 is 0 Å². The first-order chi connectivity index (χ1) is 12.7. The Balaban J connectivity index is 1.78. The number of para-hydroxylation sites is 1. The fraction of sp³-hybridized carbons (Fsp3) is 0.182. The van der Waals surface area contributed by atoms with Crippen LogP contribution in [0.3, 0.4) is 0 Å². The quantitative estimate of drug-likeness (QED) is 0.563. The molecule has 0 aliphatic carbocycles. The summed E-state index contributed by atoms with van der Waals surface area (Å²) in [7, 11) is 0. The molecule has 0 aliphatic heterocycles. The van der Waals surface area contributed by atoms with Crippen molar-refractivity contribution in [3.63, 3.8) is 0 Å². The largest absolute Gasteiger partial charge is 0.310 e. The number of rotatable bonds is 6. The van der Waals surface area contributed by atoms with Gasteiger partial charge in [-0.25, -0.2) is 0 Å². The van der Waals surface area contributed by atoms with E-state index in [1.54, 1.807) is 16.7 Å². The monoisotopic (exact) mass is 360 g/mol. The molecule has 0 spiro atoms. The summed E-state index contributed by atoms with van der Waals surface area (Å²) in [4.78, 5) is 15.8. The van der Waals surface area contributed by atoms with Gasteiger partial charge in [-0.15, -0.1) is 11.8 Å². The van der Waals surface area contributed by atoms with Gasteiger partial charge < -0.3 is 4.90 Å². The number of hydrogen-bond donors (Lipinski definition) is 0. The Morgan fingerprint density at radius 3 is 2.46 bits per heavy atom. The third-order valence-electron chi connectivity index (χ3n) is 4.16. The Hall–Kier alpha value is -2.77. The molecule has 0 N–H and O–H groups in total. The highest BCUT2D eigenvalue weighted by molar-refractivity contribution is 8.00. The third-order valence-corrected chi connectivity index (χ3v) is 5.24. The van der Waals surface area contributed by atoms with E-state index in [0.29, 0.717) is 13.0 Å². The molecule has 26 heavy (non-hydrogen) atoms. The molecule has 0 heterocycles. The molecule has 1 amide bonds. The van der Waals surface area contributed by atoms with Crippen LogP contribution in [-0.4, -0.2) is 17.7 Å². The number of hydrogen-bond acceptors (Lipinski definition) is 3. The van der Waals surface area contributed by atoms with Crippen LogP contribution in [0.25, 0.3) is 10.8 Å². The van der Waals surface area contributed by atoms with Crippen molar-refractivity contribution in [1.29, 1.82) is 5.26 Å². The smallest absolute Gasteiger partial charge is 0.240 e. The second-order valence-corrected chi connectivity index (χ2v) is 7.42. The van der Waals surface area contributed by atoms with Gasteiger partial charge in [0.25, 0.3) is 0 Å². The van der Waals surface area contributed by atoms with E-state index in [-0.39, 0.29) is 11.2 Å². The summed E-state index contributed by atoms with van der Waals surface area (Å²) >= 11 is 1.55. The van der Waals surface area contributed by atoms with Crippen LogP contribution >= 0.6 is 11.8 Å². The number of fused-ring (bicyclic) bond motifs is 1. The van der Waals surface area contributed by atoms with Crippen molar-refractivity contribution < 1.29 is 4.79 Å². The number of thioether (sulfide) groups is 1. The maximum atomic E-state index is 13.0. The van der Waals surface area contributed by atoms with E-state index in [1.165, 1.54) is 10.8 Å². The predicted molar refractivity (Wildman–Crippen MR) is 108 cm³/mol. The van der Waals surface area contributed by atoms with E-state index in [4.69, 9.17) is 5.26 Å². The first kappa shape index (κ1) is 18.0. The number of carbonyl (C=O) groups is 1. The number of anilines is 1. The van der Waals surface area contributed by atoms with Crippen molar-refractivity contribution in [2.24, 2.45) is 0 Å². The zero-order valence-electron chi connectivity index (χ0n) is 14.6. The minimum atomic E-state index is -0.241. The average Bonchev–Trinajstić information content (AvgIpc) is 2.69. The molecule has 130 valence electrons. The summed E-state index contributed by atoms with van der Waals surface area (Å²) in [5.74, 6) is 0.0182. The molecule has 0 saturated heterocycles. The molecule has 0 saturated carbocycles. The molecule has 0 radical (unpaired) electrons. The first-order valence-electron chi connectivity index (χ1n) is 8.58. The lowest BCUT2D eigenvalue weighted by Gasteiger charge is -2.25. The van der Waals surface area contributed by atoms with E-state index in [2.05, 4.69) is 36.4 Å². The normalized spacial score (nSPS) is 11.7. The standard InChI is InChI=1S/C22H20N2OS/c1-17(26-21-13-12-18-8-5-6-9-19(18)16-21)22(25)24(15-7-14-23)20-10-3-2-4-11-20/h2-6,8-13,16-17H,7,15H2,1H3. The van der Waals surface area contributed by atoms with Gasteiger partial charge in [0.2, 0.25) is 5.91 Å². The number of nitrogens with zero attached hydrogens (tertiary/aromatic N) is 2. The van der Waals surface area contributed by atoms with Crippen LogP contribution in [-0.2, 0) is 4.79 Å². The van der Waals surface area contributed by atoms with Gasteiger partial charge in [0.1, 0.15) is 0 Å². The molecule has 3 rings (SSSR count). The highest BCUT2D eigenvalue weighted by Crippen LogP contribution is 2.29. The molecule has 0 bridgehead atoms. The number of benzene rings is 3. The lowest BCUT2D eigenvalue weighted by Crippen LogP contribution is -2.37. The van der Waals surface area contributed by atoms with Crippen LogP contribution in [0.5, 0.6) is 0 Å². The van der Waals surface area contributed by atoms with Crippen molar-refractivity contribution in [2.45, 2.75) is 23.5 Å². The second-order valence-electron chi connectivity index (χ2n) is 6.00. The second kappa shape index (κ2) is 8.55. The molecule has 4 heteroatoms. The van der Waals surface area contributed by atoms with Gasteiger partial charge in [0.15, 0.2) is 0 Å². The molecule has 1 atom stereocenters. The van der Waals surface area contributed by atoms with Crippen LogP contribution in [0.2, 0.25) is 0 Å². The lowest BCUT2D eigenvalue weighted by atomic mass is 10.1. The number of carbonyl (C=O) groups excluding carboxylic acids is 1. The molecule has 3 aromatic carbocycles. The zero-order chi connectivity index (χ0) is 18.4. The topological polar surface area (TPSA) is 44.1 Å². The molecule has 0 aliphatic rings. The summed E-state index contributed by atoms with van der Waals surface area (Å²) in [5.41, 5.74) is 0.832. The van der Waals surface area contributed by atoms with Crippen molar-refractivity contribution >= 4 is 34.1 Å². The average molecular weight is 360 g/mol. The van der Waals surface area contributed by atoms with Crippen LogP contribution in [0.15, 0.2) is 77.7 Å². The van der Waals surface area contributed by atoms with Gasteiger partial charge in [-0.1, -0.05) is 48.5 Å². The van der Waals surface area contributed by atoms with E-state index >= 15 is 0 Å². The van der Waals surface area contributed by atoms with Crippen molar-refractivity contribution in [3.8, 4) is 6.07 Å². The SMILES string of the molecule is CC(Sc1ccc2ccccc2c1)C(=O)N(CCC#N)c1ccccc1. The van der Waals surface area contributed by atoms with Crippen molar-refractivity contribution in [1.82, 2.24) is 0 Å². The van der Waals surface area contributed by atoms with Crippen molar-refractivity contribution in [2.75, 3.05) is 11.4 Å². The highest BCUT2D eigenvalue weighted by atomic mass is 32.2. The minimum absolute atomic E-state index is 0.0182. The molecule has 0 fully saturated rings. The maximum Gasteiger partial charge on any atom is 0.240 e. The Labute approximate surface area is 158 Å². The molecule has 1 unspecified atom stereocenters. The summed E-state index contributed by atoms with van der Waals surface area (Å²) in [6.07, 6.45) is 0.313. The highest BCUT2D eigenvalue weighted by Gasteiger charge is 2.22. The minimum Gasteiger partial charge on any atom is -0.310 e. The first-order valence-corrected chi connectivity index (χ1v) is 9.46. The third kappa shape index (κ3) is 4.25. The number of nitriles is 1.